The Morgan fingerprint density at radius 1 is 0.848 bits per heavy atom. The number of carbonyl (C=O) groups excluding carboxylic acids is 1. The summed E-state index contributed by atoms with van der Waals surface area (Å²) in [6, 6.07) is 0. The minimum Gasteiger partial charge on any atom is -0.481 e. The van der Waals surface area contributed by atoms with Crippen LogP contribution in [0.3, 0.4) is 0 Å². The zero-order chi connectivity index (χ0) is 24.8. The number of hydrogen-bond donors (Lipinski definition) is 7. The largest absolute Gasteiger partial charge is 0.481 e. The molecule has 194 valence electrons. The van der Waals surface area contributed by atoms with Crippen molar-refractivity contribution in [2.45, 2.75) is 45.8 Å². The van der Waals surface area contributed by atoms with Crippen LogP contribution in [0.4, 0.5) is 0 Å². The summed E-state index contributed by atoms with van der Waals surface area (Å²) in [5.74, 6) is -3.56. The average Bonchev–Trinajstić information content (AvgIpc) is 2.74. The van der Waals surface area contributed by atoms with E-state index in [0.29, 0.717) is 25.0 Å². The molecule has 2 saturated heterocycles. The molecule has 12 nitrogen and oxygen atoms in total. The van der Waals surface area contributed by atoms with Crippen LogP contribution in [-0.4, -0.2) is 94.4 Å². The second-order valence-electron chi connectivity index (χ2n) is 7.81. The number of aliphatic hydroxyl groups excluding tert-OH is 2. The number of rotatable bonds is 6. The van der Waals surface area contributed by atoms with E-state index in [2.05, 4.69) is 17.6 Å². The Labute approximate surface area is 199 Å². The third-order valence-corrected chi connectivity index (χ3v) is 5.37. The van der Waals surface area contributed by atoms with Gasteiger partial charge >= 0.3 is 23.9 Å². The molecule has 7 N–H and O–H groups in total. The molecule has 0 aromatic carbocycles. The van der Waals surface area contributed by atoms with E-state index in [4.69, 9.17) is 30.3 Å². The topological polar surface area (TPSA) is 203 Å². The lowest BCUT2D eigenvalue weighted by atomic mass is 9.88. The molecule has 0 aromatic rings. The smallest absolute Gasteiger partial charge is 0.335 e. The average molecular weight is 501 g/mol. The van der Waals surface area contributed by atoms with Gasteiger partial charge in [-0.15, -0.1) is 12.4 Å². The predicted octanol–water partition coefficient (Wildman–Crippen LogP) is -0.589. The fourth-order valence-corrected chi connectivity index (χ4v) is 3.15. The van der Waals surface area contributed by atoms with Gasteiger partial charge in [-0.25, -0.2) is 9.59 Å². The fraction of sp³-hybridized carbons (Fsp3) is 0.800. The van der Waals surface area contributed by atoms with Gasteiger partial charge in [-0.3, -0.25) is 9.59 Å². The summed E-state index contributed by atoms with van der Waals surface area (Å²) in [4.78, 5) is 41.4. The third-order valence-electron chi connectivity index (χ3n) is 5.37. The van der Waals surface area contributed by atoms with E-state index >= 15 is 0 Å². The highest BCUT2D eigenvalue weighted by molar-refractivity contribution is 5.85. The Morgan fingerprint density at radius 2 is 1.24 bits per heavy atom. The van der Waals surface area contributed by atoms with Crippen molar-refractivity contribution >= 4 is 36.3 Å². The lowest BCUT2D eigenvalue weighted by molar-refractivity contribution is -0.165. The van der Waals surface area contributed by atoms with Crippen LogP contribution in [0.5, 0.6) is 0 Å². The van der Waals surface area contributed by atoms with Gasteiger partial charge in [-0.1, -0.05) is 13.8 Å². The van der Waals surface area contributed by atoms with Crippen LogP contribution >= 0.6 is 12.4 Å². The number of aliphatic carboxylic acids is 3. The van der Waals surface area contributed by atoms with Crippen molar-refractivity contribution in [2.24, 2.45) is 23.7 Å². The summed E-state index contributed by atoms with van der Waals surface area (Å²) in [6.45, 7) is 9.85. The van der Waals surface area contributed by atoms with Gasteiger partial charge in [0.1, 0.15) is 0 Å². The summed E-state index contributed by atoms with van der Waals surface area (Å²) < 4.78 is 4.97. The number of hydrogen-bond acceptors (Lipinski definition) is 9. The maximum absolute atomic E-state index is 11.3. The lowest BCUT2D eigenvalue weighted by Gasteiger charge is -2.27. The van der Waals surface area contributed by atoms with Gasteiger partial charge in [-0.05, 0) is 44.7 Å². The Balaban J connectivity index is 0. The van der Waals surface area contributed by atoms with E-state index in [0.717, 1.165) is 32.5 Å². The molecular weight excluding hydrogens is 464 g/mol. The molecule has 0 aromatic heterocycles. The number of piperidine rings is 2. The molecule has 6 atom stereocenters. The molecule has 0 radical (unpaired) electrons. The minimum atomic E-state index is -2.27. The molecule has 13 heteroatoms. The van der Waals surface area contributed by atoms with Crippen LogP contribution in [0.2, 0.25) is 0 Å². The second kappa shape index (κ2) is 17.5. The SMILES string of the molecule is CC1CCNCC1C(=O)O.CCOC(=O)[C@H]1CNCC[C@H]1C.Cl.O=C(O)[C@@H](O)[C@H](O)C(=O)O. The minimum absolute atomic E-state index is 0. The van der Waals surface area contributed by atoms with Crippen molar-refractivity contribution in [2.75, 3.05) is 32.8 Å². The molecule has 2 heterocycles. The van der Waals surface area contributed by atoms with Crippen molar-refractivity contribution in [3.05, 3.63) is 0 Å². The van der Waals surface area contributed by atoms with Crippen LogP contribution in [-0.2, 0) is 23.9 Å². The zero-order valence-electron chi connectivity index (χ0n) is 19.1. The first-order chi connectivity index (χ1) is 14.9. The molecule has 0 bridgehead atoms. The van der Waals surface area contributed by atoms with Crippen molar-refractivity contribution in [1.82, 2.24) is 10.6 Å². The van der Waals surface area contributed by atoms with Gasteiger partial charge in [0.05, 0.1) is 18.4 Å². The van der Waals surface area contributed by atoms with Crippen LogP contribution in [0.25, 0.3) is 0 Å². The van der Waals surface area contributed by atoms with Crippen molar-refractivity contribution in [3.8, 4) is 0 Å². The van der Waals surface area contributed by atoms with Gasteiger partial charge in [0.2, 0.25) is 0 Å². The molecule has 0 amide bonds. The number of esters is 1. The lowest BCUT2D eigenvalue weighted by Crippen LogP contribution is -2.40. The molecule has 0 spiro atoms. The summed E-state index contributed by atoms with van der Waals surface area (Å²) in [5.41, 5.74) is 0. The molecule has 2 aliphatic heterocycles. The molecule has 2 fully saturated rings. The summed E-state index contributed by atoms with van der Waals surface area (Å²) in [5, 5.41) is 47.5. The number of carbonyl (C=O) groups is 4. The van der Waals surface area contributed by atoms with Gasteiger partial charge in [-0.2, -0.15) is 0 Å². The Morgan fingerprint density at radius 3 is 1.52 bits per heavy atom. The standard InChI is InChI=1S/C9H17NO2.C7H13NO2.C4H6O6.ClH/c1-3-12-9(11)8-6-10-5-4-7(8)2;1-5-2-3-8-4-6(5)7(9)10;5-1(3(7)8)2(6)4(9)10;/h7-8,10H,3-6H2,1-2H3;5-6,8H,2-4H2,1H3,(H,9,10);1-2,5-6H,(H,7,8)(H,9,10);1H/t7-,8+;;1-,2-;/m1.0./s1. The molecule has 2 unspecified atom stereocenters. The molecule has 33 heavy (non-hydrogen) atoms. The Hall–Kier alpha value is -1.99. The van der Waals surface area contributed by atoms with Crippen molar-refractivity contribution in [3.63, 3.8) is 0 Å². The number of nitrogens with one attached hydrogen (secondary N) is 2. The highest BCUT2D eigenvalue weighted by Crippen LogP contribution is 2.19. The molecule has 0 saturated carbocycles. The van der Waals surface area contributed by atoms with Crippen LogP contribution in [0.1, 0.15) is 33.6 Å². The van der Waals surface area contributed by atoms with Crippen LogP contribution in [0, 0.1) is 23.7 Å². The first kappa shape index (κ1) is 33.2. The number of carboxylic acid groups (broad SMARTS) is 3. The third kappa shape index (κ3) is 12.7. The molecular formula is C20H37ClN2O10. The normalized spacial score (nSPS) is 25.8. The quantitative estimate of drug-likeness (QED) is 0.229. The Bertz CT molecular complexity index is 604. The number of aliphatic hydroxyl groups is 2. The second-order valence-corrected chi connectivity index (χ2v) is 7.81. The first-order valence-corrected chi connectivity index (χ1v) is 10.6. The van der Waals surface area contributed by atoms with Crippen LogP contribution < -0.4 is 10.6 Å². The van der Waals surface area contributed by atoms with Gasteiger partial charge < -0.3 is 40.9 Å². The highest BCUT2D eigenvalue weighted by atomic mass is 35.5. The zero-order valence-corrected chi connectivity index (χ0v) is 19.9. The van der Waals surface area contributed by atoms with Gasteiger partial charge in [0, 0.05) is 13.1 Å². The van der Waals surface area contributed by atoms with E-state index in [1.165, 1.54) is 0 Å². The summed E-state index contributed by atoms with van der Waals surface area (Å²) in [7, 11) is 0. The number of carboxylic acids is 3. The monoisotopic (exact) mass is 500 g/mol. The molecule has 2 rings (SSSR count). The van der Waals surface area contributed by atoms with Gasteiger partial charge in [0.15, 0.2) is 12.2 Å². The molecule has 0 aliphatic carbocycles. The maximum atomic E-state index is 11.3. The van der Waals surface area contributed by atoms with E-state index < -0.39 is 30.1 Å². The van der Waals surface area contributed by atoms with E-state index in [1.807, 2.05) is 13.8 Å². The molecule has 2 aliphatic rings. The first-order valence-electron chi connectivity index (χ1n) is 10.6. The van der Waals surface area contributed by atoms with Crippen molar-refractivity contribution < 1.29 is 49.4 Å². The number of ether oxygens (including phenoxy) is 1. The van der Waals surface area contributed by atoms with Crippen LogP contribution in [0.15, 0.2) is 0 Å². The van der Waals surface area contributed by atoms with Crippen molar-refractivity contribution in [1.29, 1.82) is 0 Å². The Kier molecular flexibility index (Phi) is 17.6. The summed E-state index contributed by atoms with van der Waals surface area (Å²) >= 11 is 0. The highest BCUT2D eigenvalue weighted by Gasteiger charge is 2.30. The van der Waals surface area contributed by atoms with Gasteiger partial charge in [0.25, 0.3) is 0 Å². The van der Waals surface area contributed by atoms with E-state index in [1.54, 1.807) is 0 Å². The van der Waals surface area contributed by atoms with E-state index in [-0.39, 0.29) is 30.2 Å². The predicted molar refractivity (Wildman–Crippen MR) is 119 cm³/mol. The summed E-state index contributed by atoms with van der Waals surface area (Å²) in [6.07, 6.45) is -2.48. The maximum Gasteiger partial charge on any atom is 0.335 e. The number of halogens is 1. The fourth-order valence-electron chi connectivity index (χ4n) is 3.15. The van der Waals surface area contributed by atoms with E-state index in [9.17, 15) is 19.2 Å².